The van der Waals surface area contributed by atoms with E-state index in [0.717, 1.165) is 19.3 Å². The molecule has 3 unspecified atom stereocenters. The highest BCUT2D eigenvalue weighted by Gasteiger charge is 2.47. The van der Waals surface area contributed by atoms with Crippen LogP contribution in [0, 0.1) is 5.41 Å². The van der Waals surface area contributed by atoms with E-state index in [0.29, 0.717) is 17.5 Å². The Morgan fingerprint density at radius 2 is 1.72 bits per heavy atom. The molecule has 1 N–H and O–H groups in total. The van der Waals surface area contributed by atoms with E-state index in [-0.39, 0.29) is 0 Å². The molecule has 0 aromatic rings. The highest BCUT2D eigenvalue weighted by Crippen LogP contribution is 2.48. The molecule has 3 fully saturated rings. The van der Waals surface area contributed by atoms with Gasteiger partial charge in [-0.1, -0.05) is 6.42 Å². The van der Waals surface area contributed by atoms with Crippen LogP contribution < -0.4 is 5.32 Å². The molecule has 1 saturated carbocycles. The summed E-state index contributed by atoms with van der Waals surface area (Å²) in [5.74, 6) is 0. The highest BCUT2D eigenvalue weighted by atomic mass is 16.5. The van der Waals surface area contributed by atoms with E-state index in [4.69, 9.17) is 4.74 Å². The Morgan fingerprint density at radius 1 is 1.06 bits per heavy atom. The second kappa shape index (κ2) is 5.10. The van der Waals surface area contributed by atoms with Gasteiger partial charge in [0.1, 0.15) is 0 Å². The molecular weight excluding hydrogens is 224 g/mol. The Hall–Kier alpha value is -0.120. The molecule has 1 spiro atoms. The van der Waals surface area contributed by atoms with E-state index >= 15 is 0 Å². The van der Waals surface area contributed by atoms with Gasteiger partial charge in [-0.25, -0.2) is 0 Å². The zero-order valence-corrected chi connectivity index (χ0v) is 12.0. The first kappa shape index (κ1) is 12.9. The van der Waals surface area contributed by atoms with Crippen LogP contribution in [0.1, 0.15) is 46.0 Å². The maximum Gasteiger partial charge on any atom is 0.0471 e. The number of hydrogen-bond donors (Lipinski definition) is 1. The Bertz CT molecular complexity index is 278. The topological polar surface area (TPSA) is 24.5 Å². The van der Waals surface area contributed by atoms with E-state index in [1.807, 2.05) is 0 Å². The molecule has 3 heteroatoms. The van der Waals surface area contributed by atoms with Crippen LogP contribution in [0.4, 0.5) is 0 Å². The van der Waals surface area contributed by atoms with Crippen molar-refractivity contribution in [2.45, 2.75) is 64.1 Å². The van der Waals surface area contributed by atoms with Crippen molar-refractivity contribution >= 4 is 0 Å². The van der Waals surface area contributed by atoms with E-state index in [1.54, 1.807) is 0 Å². The van der Waals surface area contributed by atoms with E-state index < -0.39 is 0 Å². The van der Waals surface area contributed by atoms with Crippen molar-refractivity contribution in [3.63, 3.8) is 0 Å². The summed E-state index contributed by atoms with van der Waals surface area (Å²) in [6, 6.07) is 2.12. The smallest absolute Gasteiger partial charge is 0.0471 e. The van der Waals surface area contributed by atoms with Gasteiger partial charge in [0.2, 0.25) is 0 Å². The lowest BCUT2D eigenvalue weighted by Crippen LogP contribution is -2.59. The van der Waals surface area contributed by atoms with Crippen molar-refractivity contribution in [1.82, 2.24) is 10.2 Å². The molecule has 0 radical (unpaired) electrons. The molecule has 3 nitrogen and oxygen atoms in total. The third-order valence-electron chi connectivity index (χ3n) is 5.37. The van der Waals surface area contributed by atoms with Gasteiger partial charge in [-0.15, -0.1) is 0 Å². The van der Waals surface area contributed by atoms with Crippen LogP contribution >= 0.6 is 0 Å². The van der Waals surface area contributed by atoms with Gasteiger partial charge in [-0.05, 0) is 44.9 Å². The average Bonchev–Trinajstić information content (AvgIpc) is 2.72. The third-order valence-corrected chi connectivity index (χ3v) is 5.37. The van der Waals surface area contributed by atoms with Gasteiger partial charge in [0.25, 0.3) is 0 Å². The van der Waals surface area contributed by atoms with Crippen molar-refractivity contribution in [3.8, 4) is 0 Å². The van der Waals surface area contributed by atoms with Gasteiger partial charge in [0, 0.05) is 44.4 Å². The summed E-state index contributed by atoms with van der Waals surface area (Å²) < 4.78 is 5.60. The molecule has 2 heterocycles. The Labute approximate surface area is 111 Å². The molecule has 2 aliphatic heterocycles. The molecule has 0 bridgehead atoms. The van der Waals surface area contributed by atoms with Gasteiger partial charge in [0.15, 0.2) is 0 Å². The van der Waals surface area contributed by atoms with Crippen LogP contribution in [0.15, 0.2) is 0 Å². The van der Waals surface area contributed by atoms with Crippen LogP contribution in [-0.4, -0.2) is 49.3 Å². The van der Waals surface area contributed by atoms with Gasteiger partial charge in [0.05, 0.1) is 0 Å². The third kappa shape index (κ3) is 2.33. The number of piperazine rings is 1. The first-order valence-electron chi connectivity index (χ1n) is 7.77. The number of rotatable bonds is 1. The highest BCUT2D eigenvalue weighted by molar-refractivity contribution is 5.00. The summed E-state index contributed by atoms with van der Waals surface area (Å²) in [5.41, 5.74) is 0.592. The van der Waals surface area contributed by atoms with Crippen LogP contribution in [0.3, 0.4) is 0 Å². The predicted molar refractivity (Wildman–Crippen MR) is 73.8 cm³/mol. The van der Waals surface area contributed by atoms with Crippen LogP contribution in [0.25, 0.3) is 0 Å². The molecule has 3 atom stereocenters. The van der Waals surface area contributed by atoms with Gasteiger partial charge < -0.3 is 10.1 Å². The summed E-state index contributed by atoms with van der Waals surface area (Å²) in [6.07, 6.45) is 6.87. The van der Waals surface area contributed by atoms with Crippen molar-refractivity contribution in [2.24, 2.45) is 5.41 Å². The predicted octanol–water partition coefficient (Wildman–Crippen LogP) is 2.02. The largest absolute Gasteiger partial charge is 0.381 e. The maximum absolute atomic E-state index is 5.60. The molecule has 0 aromatic heterocycles. The number of ether oxygens (including phenoxy) is 1. The Morgan fingerprint density at radius 3 is 2.39 bits per heavy atom. The van der Waals surface area contributed by atoms with Crippen LogP contribution in [-0.2, 0) is 4.74 Å². The Balaban J connectivity index is 1.73. The van der Waals surface area contributed by atoms with Crippen molar-refractivity contribution in [3.05, 3.63) is 0 Å². The summed E-state index contributed by atoms with van der Waals surface area (Å²) in [5, 5.41) is 3.66. The number of hydrogen-bond acceptors (Lipinski definition) is 3. The van der Waals surface area contributed by atoms with Crippen molar-refractivity contribution < 1.29 is 4.74 Å². The summed E-state index contributed by atoms with van der Waals surface area (Å²) in [7, 11) is 0. The van der Waals surface area contributed by atoms with Crippen molar-refractivity contribution in [2.75, 3.05) is 26.3 Å². The first-order chi connectivity index (χ1) is 8.70. The quantitative estimate of drug-likeness (QED) is 0.773. The minimum Gasteiger partial charge on any atom is -0.381 e. The van der Waals surface area contributed by atoms with Gasteiger partial charge >= 0.3 is 0 Å². The molecule has 104 valence electrons. The minimum absolute atomic E-state index is 0.592. The average molecular weight is 252 g/mol. The second-order valence-electron chi connectivity index (χ2n) is 6.81. The molecule has 3 aliphatic rings. The van der Waals surface area contributed by atoms with Crippen molar-refractivity contribution in [1.29, 1.82) is 0 Å². The number of nitrogens with one attached hydrogen (secondary N) is 1. The van der Waals surface area contributed by atoms with E-state index in [2.05, 4.69) is 24.1 Å². The molecule has 0 amide bonds. The molecule has 2 saturated heterocycles. The Kier molecular flexibility index (Phi) is 3.65. The molecule has 0 aromatic carbocycles. The maximum atomic E-state index is 5.60. The molecule has 3 rings (SSSR count). The van der Waals surface area contributed by atoms with Gasteiger partial charge in [-0.2, -0.15) is 0 Å². The van der Waals surface area contributed by atoms with E-state index in [9.17, 15) is 0 Å². The fourth-order valence-electron chi connectivity index (χ4n) is 4.67. The zero-order chi connectivity index (χ0) is 12.6. The SMILES string of the molecule is CC1CN(C2CCCC23CCOCC3)CC(C)N1. The molecular formula is C15H28N2O. The zero-order valence-electron chi connectivity index (χ0n) is 12.0. The summed E-state index contributed by atoms with van der Waals surface area (Å²) >= 11 is 0. The lowest BCUT2D eigenvalue weighted by molar-refractivity contribution is -0.0344. The standard InChI is InChI=1S/C15H28N2O/c1-12-10-17(11-13(2)16-12)14-4-3-5-15(14)6-8-18-9-7-15/h12-14,16H,3-11H2,1-2H3. The lowest BCUT2D eigenvalue weighted by atomic mass is 9.74. The first-order valence-corrected chi connectivity index (χ1v) is 7.77. The van der Waals surface area contributed by atoms with Crippen LogP contribution in [0.2, 0.25) is 0 Å². The summed E-state index contributed by atoms with van der Waals surface area (Å²) in [4.78, 5) is 2.80. The van der Waals surface area contributed by atoms with Crippen LogP contribution in [0.5, 0.6) is 0 Å². The van der Waals surface area contributed by atoms with Gasteiger partial charge in [-0.3, -0.25) is 4.90 Å². The fraction of sp³-hybridized carbons (Fsp3) is 1.00. The molecule has 18 heavy (non-hydrogen) atoms. The lowest BCUT2D eigenvalue weighted by Gasteiger charge is -2.48. The molecule has 1 aliphatic carbocycles. The summed E-state index contributed by atoms with van der Waals surface area (Å²) in [6.45, 7) is 9.11. The van der Waals surface area contributed by atoms with E-state index in [1.165, 1.54) is 45.2 Å². The monoisotopic (exact) mass is 252 g/mol. The fourth-order valence-corrected chi connectivity index (χ4v) is 4.67. The minimum atomic E-state index is 0.592. The second-order valence-corrected chi connectivity index (χ2v) is 6.81. The normalized spacial score (nSPS) is 41.3. The number of nitrogens with zero attached hydrogens (tertiary/aromatic N) is 1.